The van der Waals surface area contributed by atoms with Crippen molar-refractivity contribution in [2.75, 3.05) is 5.75 Å². The van der Waals surface area contributed by atoms with Crippen molar-refractivity contribution in [3.8, 4) is 5.75 Å². The molecule has 0 aliphatic heterocycles. The first kappa shape index (κ1) is 33.5. The van der Waals surface area contributed by atoms with Gasteiger partial charge in [0.2, 0.25) is 0 Å². The van der Waals surface area contributed by atoms with Crippen LogP contribution in [0.15, 0.2) is 12.1 Å². The van der Waals surface area contributed by atoms with Crippen LogP contribution in [-0.4, -0.2) is 38.3 Å². The first-order chi connectivity index (χ1) is 19.7. The number of hydrogen-bond acceptors (Lipinski definition) is 5. The van der Waals surface area contributed by atoms with Gasteiger partial charge < -0.3 is 4.18 Å². The summed E-state index contributed by atoms with van der Waals surface area (Å²) in [6.07, 6.45) is 17.4. The average Bonchev–Trinajstić information content (AvgIpc) is 3.44. The molecule has 0 unspecified atom stereocenters. The van der Waals surface area contributed by atoms with Gasteiger partial charge in [-0.3, -0.25) is 4.55 Å². The molecule has 1 aromatic carbocycles. The lowest BCUT2D eigenvalue weighted by Crippen LogP contribution is -2.51. The van der Waals surface area contributed by atoms with Gasteiger partial charge in [-0.15, -0.1) is 0 Å². The van der Waals surface area contributed by atoms with Crippen LogP contribution >= 0.6 is 0 Å². The lowest BCUT2D eigenvalue weighted by atomic mass is 9.80. The van der Waals surface area contributed by atoms with Gasteiger partial charge in [-0.05, 0) is 73.0 Å². The van der Waals surface area contributed by atoms with E-state index >= 15 is 0 Å². The van der Waals surface area contributed by atoms with Crippen LogP contribution in [0.5, 0.6) is 5.75 Å². The third-order valence-electron chi connectivity index (χ3n) is 9.40. The molecule has 0 bridgehead atoms. The third kappa shape index (κ3) is 8.00. The van der Waals surface area contributed by atoms with E-state index in [9.17, 15) is 34.4 Å². The highest BCUT2D eigenvalue weighted by molar-refractivity contribution is 7.88. The van der Waals surface area contributed by atoms with Crippen molar-refractivity contribution in [3.63, 3.8) is 0 Å². The molecule has 0 radical (unpaired) electrons. The summed E-state index contributed by atoms with van der Waals surface area (Å²) in [6, 6.07) is 3.95. The first-order valence-electron chi connectivity index (χ1n) is 15.5. The Morgan fingerprint density at radius 3 is 1.36 bits per heavy atom. The number of hydrogen-bond donors (Lipinski definition) is 1. The summed E-state index contributed by atoms with van der Waals surface area (Å²) in [6.45, 7) is 0. The van der Waals surface area contributed by atoms with Gasteiger partial charge in [0.25, 0.3) is 0 Å². The Labute approximate surface area is 247 Å². The van der Waals surface area contributed by atoms with E-state index in [1.165, 1.54) is 0 Å². The Morgan fingerprint density at radius 1 is 0.643 bits per heavy atom. The average molecular weight is 641 g/mol. The van der Waals surface area contributed by atoms with Crippen molar-refractivity contribution in [2.45, 2.75) is 145 Å². The molecule has 4 rings (SSSR count). The summed E-state index contributed by atoms with van der Waals surface area (Å²) in [7, 11) is -12.0. The number of alkyl halides is 4. The Morgan fingerprint density at radius 2 is 1.00 bits per heavy atom. The zero-order valence-electron chi connectivity index (χ0n) is 24.1. The number of rotatable bonds is 9. The molecule has 12 heteroatoms. The van der Waals surface area contributed by atoms with Crippen LogP contribution in [-0.2, 0) is 20.2 Å². The molecule has 0 aromatic heterocycles. The SMILES string of the molecule is O=S(=O)(CC(F)(F)C(F)(F)S(=O)(=O)O)Oc1c(C2CCCCCC2)cc(C2CCCCCC2)cc1C1CCCCCC1. The zero-order chi connectivity index (χ0) is 30.6. The van der Waals surface area contributed by atoms with E-state index in [0.717, 1.165) is 121 Å². The van der Waals surface area contributed by atoms with E-state index in [0.29, 0.717) is 11.1 Å². The Kier molecular flexibility index (Phi) is 10.9. The van der Waals surface area contributed by atoms with E-state index in [-0.39, 0.29) is 23.5 Å². The monoisotopic (exact) mass is 640 g/mol. The van der Waals surface area contributed by atoms with Crippen LogP contribution in [0, 0.1) is 0 Å². The molecule has 42 heavy (non-hydrogen) atoms. The molecule has 3 aliphatic rings. The van der Waals surface area contributed by atoms with Gasteiger partial charge in [-0.2, -0.15) is 34.4 Å². The third-order valence-corrected chi connectivity index (χ3v) is 11.5. The highest BCUT2D eigenvalue weighted by atomic mass is 32.2. The van der Waals surface area contributed by atoms with Crippen molar-refractivity contribution in [1.29, 1.82) is 0 Å². The molecule has 1 aromatic rings. The van der Waals surface area contributed by atoms with Crippen molar-refractivity contribution in [1.82, 2.24) is 0 Å². The highest BCUT2D eigenvalue weighted by Gasteiger charge is 2.67. The molecular formula is C30H44F4O6S2. The second kappa shape index (κ2) is 13.7. The molecule has 6 nitrogen and oxygen atoms in total. The molecule has 0 heterocycles. The van der Waals surface area contributed by atoms with E-state index in [1.807, 2.05) is 12.1 Å². The fraction of sp³-hybridized carbons (Fsp3) is 0.800. The largest absolute Gasteiger partial charge is 0.432 e. The van der Waals surface area contributed by atoms with Crippen LogP contribution in [0.1, 0.15) is 150 Å². The number of halogens is 4. The molecule has 0 saturated heterocycles. The van der Waals surface area contributed by atoms with Crippen LogP contribution < -0.4 is 4.18 Å². The molecule has 1 N–H and O–H groups in total. The predicted molar refractivity (Wildman–Crippen MR) is 154 cm³/mol. The van der Waals surface area contributed by atoms with E-state index in [2.05, 4.69) is 0 Å². The maximum absolute atomic E-state index is 14.5. The van der Waals surface area contributed by atoms with Crippen LogP contribution in [0.25, 0.3) is 0 Å². The van der Waals surface area contributed by atoms with Crippen molar-refractivity contribution in [2.24, 2.45) is 0 Å². The van der Waals surface area contributed by atoms with Crippen molar-refractivity contribution >= 4 is 20.2 Å². The van der Waals surface area contributed by atoms with Crippen molar-refractivity contribution < 1.29 is 43.1 Å². The highest BCUT2D eigenvalue weighted by Crippen LogP contribution is 2.48. The minimum absolute atomic E-state index is 0.0443. The minimum Gasteiger partial charge on any atom is -0.382 e. The molecule has 0 spiro atoms. The normalized spacial score (nSPS) is 21.8. The molecule has 0 amide bonds. The summed E-state index contributed by atoms with van der Waals surface area (Å²) < 4.78 is 119. The van der Waals surface area contributed by atoms with Gasteiger partial charge in [-0.25, -0.2) is 0 Å². The van der Waals surface area contributed by atoms with E-state index in [4.69, 9.17) is 8.74 Å². The standard InChI is InChI=1S/C30H44F4O6S2/c31-29(32,30(33,34)42(37,38)39)21-41(35,36)40-28-26(23-15-9-3-4-10-16-23)19-25(22-13-7-1-2-8-14-22)20-27(28)24-17-11-5-6-12-18-24/h19-20,22-24H,1-18,21H2,(H,37,38,39). The molecular weight excluding hydrogens is 596 g/mol. The molecule has 3 aliphatic carbocycles. The van der Waals surface area contributed by atoms with Gasteiger partial charge in [0, 0.05) is 0 Å². The maximum atomic E-state index is 14.5. The van der Waals surface area contributed by atoms with Gasteiger partial charge in [0.1, 0.15) is 5.75 Å². The van der Waals surface area contributed by atoms with E-state index in [1.54, 1.807) is 0 Å². The number of benzene rings is 1. The summed E-state index contributed by atoms with van der Waals surface area (Å²) >= 11 is 0. The molecule has 3 fully saturated rings. The van der Waals surface area contributed by atoms with Gasteiger partial charge in [0.15, 0.2) is 5.75 Å². The summed E-state index contributed by atoms with van der Waals surface area (Å²) in [5.74, 6) is -8.13. The molecule has 240 valence electrons. The Hall–Kier alpha value is -1.40. The van der Waals surface area contributed by atoms with E-state index < -0.39 is 37.2 Å². The summed E-state index contributed by atoms with van der Waals surface area (Å²) in [4.78, 5) is 0. The van der Waals surface area contributed by atoms with Crippen LogP contribution in [0.3, 0.4) is 0 Å². The quantitative estimate of drug-likeness (QED) is 0.125. The molecule has 3 saturated carbocycles. The molecule has 0 atom stereocenters. The maximum Gasteiger partial charge on any atom is 0.432 e. The predicted octanol–water partition coefficient (Wildman–Crippen LogP) is 8.82. The fourth-order valence-corrected chi connectivity index (χ4v) is 8.75. The van der Waals surface area contributed by atoms with Gasteiger partial charge in [0.05, 0.1) is 0 Å². The topological polar surface area (TPSA) is 97.7 Å². The fourth-order valence-electron chi connectivity index (χ4n) is 7.08. The minimum atomic E-state index is -6.59. The Bertz CT molecular complexity index is 1220. The first-order valence-corrected chi connectivity index (χ1v) is 18.6. The second-order valence-electron chi connectivity index (χ2n) is 12.6. The lowest BCUT2D eigenvalue weighted by molar-refractivity contribution is -0.144. The van der Waals surface area contributed by atoms with Gasteiger partial charge >= 0.3 is 31.4 Å². The lowest BCUT2D eigenvalue weighted by Gasteiger charge is -2.29. The summed E-state index contributed by atoms with van der Waals surface area (Å²) in [5, 5.41) is -6.01. The summed E-state index contributed by atoms with van der Waals surface area (Å²) in [5.41, 5.74) is 2.36. The van der Waals surface area contributed by atoms with Crippen LogP contribution in [0.2, 0.25) is 0 Å². The van der Waals surface area contributed by atoms with Crippen molar-refractivity contribution in [3.05, 3.63) is 28.8 Å². The Balaban J connectivity index is 1.83. The smallest absolute Gasteiger partial charge is 0.382 e. The zero-order valence-corrected chi connectivity index (χ0v) is 25.8. The second-order valence-corrected chi connectivity index (χ2v) is 15.6. The van der Waals surface area contributed by atoms with Gasteiger partial charge in [-0.1, -0.05) is 89.2 Å². The van der Waals surface area contributed by atoms with Crippen LogP contribution in [0.4, 0.5) is 17.6 Å².